The van der Waals surface area contributed by atoms with E-state index in [1.807, 2.05) is 26.2 Å². The Morgan fingerprint density at radius 2 is 2.33 bits per heavy atom. The molecule has 3 N–H and O–H groups in total. The highest BCUT2D eigenvalue weighted by Crippen LogP contribution is 2.16. The summed E-state index contributed by atoms with van der Waals surface area (Å²) in [5, 5.41) is 6.37. The fourth-order valence-electron chi connectivity index (χ4n) is 1.45. The van der Waals surface area contributed by atoms with Gasteiger partial charge in [-0.15, -0.1) is 11.3 Å². The van der Waals surface area contributed by atoms with Crippen LogP contribution < -0.4 is 11.1 Å². The Hall–Kier alpha value is -0.940. The molecule has 5 heteroatoms. The van der Waals surface area contributed by atoms with Gasteiger partial charge in [-0.1, -0.05) is 0 Å². The molecule has 0 bridgehead atoms. The highest BCUT2D eigenvalue weighted by molar-refractivity contribution is 7.09. The molecule has 1 aromatic rings. The fraction of sp³-hybridized carbons (Fsp3) is 0.600. The molecule has 2 unspecified atom stereocenters. The number of carbonyl (C=O) groups excluding carboxylic acids is 1. The smallest absolute Gasteiger partial charge is 0.218 e. The van der Waals surface area contributed by atoms with Gasteiger partial charge in [0.2, 0.25) is 5.91 Å². The van der Waals surface area contributed by atoms with Crippen molar-refractivity contribution in [1.29, 1.82) is 0 Å². The van der Waals surface area contributed by atoms with Crippen molar-refractivity contribution in [2.45, 2.75) is 39.3 Å². The van der Waals surface area contributed by atoms with E-state index in [9.17, 15) is 4.79 Å². The van der Waals surface area contributed by atoms with Crippen LogP contribution in [-0.2, 0) is 4.79 Å². The number of aromatic nitrogens is 1. The van der Waals surface area contributed by atoms with Gasteiger partial charge in [-0.25, -0.2) is 4.98 Å². The highest BCUT2D eigenvalue weighted by atomic mass is 32.1. The molecule has 1 amide bonds. The zero-order chi connectivity index (χ0) is 11.4. The van der Waals surface area contributed by atoms with Gasteiger partial charge in [-0.05, 0) is 20.8 Å². The van der Waals surface area contributed by atoms with Crippen LogP contribution in [0.4, 0.5) is 0 Å². The highest BCUT2D eigenvalue weighted by Gasteiger charge is 2.13. The number of amides is 1. The summed E-state index contributed by atoms with van der Waals surface area (Å²) in [4.78, 5) is 15.1. The van der Waals surface area contributed by atoms with Crippen molar-refractivity contribution in [2.24, 2.45) is 5.73 Å². The second-order valence-corrected chi connectivity index (χ2v) is 4.81. The molecule has 0 saturated carbocycles. The molecule has 0 aliphatic carbocycles. The maximum atomic E-state index is 10.7. The number of rotatable bonds is 5. The van der Waals surface area contributed by atoms with E-state index >= 15 is 0 Å². The summed E-state index contributed by atoms with van der Waals surface area (Å²) in [6, 6.07) is 0.240. The summed E-state index contributed by atoms with van der Waals surface area (Å²) in [5.74, 6) is -0.281. The van der Waals surface area contributed by atoms with Crippen molar-refractivity contribution >= 4 is 17.2 Å². The van der Waals surface area contributed by atoms with Gasteiger partial charge >= 0.3 is 0 Å². The van der Waals surface area contributed by atoms with Crippen LogP contribution in [0.5, 0.6) is 0 Å². The molecule has 84 valence electrons. The van der Waals surface area contributed by atoms with Gasteiger partial charge in [0.05, 0.1) is 10.7 Å². The van der Waals surface area contributed by atoms with E-state index < -0.39 is 0 Å². The molecule has 4 nitrogen and oxygen atoms in total. The number of hydrogen-bond acceptors (Lipinski definition) is 4. The molecule has 1 heterocycles. The lowest BCUT2D eigenvalue weighted by Crippen LogP contribution is -2.33. The molecule has 1 aromatic heterocycles. The van der Waals surface area contributed by atoms with Gasteiger partial charge in [0, 0.05) is 23.9 Å². The minimum absolute atomic E-state index is 0.0829. The van der Waals surface area contributed by atoms with Crippen LogP contribution in [0.2, 0.25) is 0 Å². The lowest BCUT2D eigenvalue weighted by atomic mass is 10.2. The molecule has 0 aromatic carbocycles. The third kappa shape index (κ3) is 3.97. The molecule has 2 atom stereocenters. The molecular formula is C10H17N3OS. The van der Waals surface area contributed by atoms with Crippen molar-refractivity contribution in [3.8, 4) is 0 Å². The zero-order valence-corrected chi connectivity index (χ0v) is 10.1. The predicted molar refractivity (Wildman–Crippen MR) is 61.7 cm³/mol. The molecule has 1 rings (SSSR count). The Balaban J connectivity index is 2.48. The van der Waals surface area contributed by atoms with E-state index in [0.29, 0.717) is 6.42 Å². The Bertz CT molecular complexity index is 337. The van der Waals surface area contributed by atoms with Crippen LogP contribution >= 0.6 is 11.3 Å². The maximum absolute atomic E-state index is 10.7. The number of nitrogens with one attached hydrogen (secondary N) is 1. The van der Waals surface area contributed by atoms with Gasteiger partial charge < -0.3 is 11.1 Å². The topological polar surface area (TPSA) is 68.0 Å². The van der Waals surface area contributed by atoms with E-state index in [4.69, 9.17) is 5.73 Å². The second-order valence-electron chi connectivity index (χ2n) is 3.75. The van der Waals surface area contributed by atoms with Crippen LogP contribution in [0.1, 0.15) is 37.0 Å². The largest absolute Gasteiger partial charge is 0.370 e. The lowest BCUT2D eigenvalue weighted by molar-refractivity contribution is -0.118. The number of hydrogen-bond donors (Lipinski definition) is 2. The second kappa shape index (κ2) is 5.23. The maximum Gasteiger partial charge on any atom is 0.218 e. The normalized spacial score (nSPS) is 14.9. The van der Waals surface area contributed by atoms with Crippen molar-refractivity contribution in [1.82, 2.24) is 10.3 Å². The Morgan fingerprint density at radius 3 is 2.80 bits per heavy atom. The summed E-state index contributed by atoms with van der Waals surface area (Å²) in [6.07, 6.45) is 0.355. The molecule has 0 spiro atoms. The Labute approximate surface area is 93.9 Å². The van der Waals surface area contributed by atoms with Crippen LogP contribution in [0.25, 0.3) is 0 Å². The third-order valence-corrected chi connectivity index (χ3v) is 2.91. The number of nitrogens with two attached hydrogens (primary N) is 1. The average Bonchev–Trinajstić information content (AvgIpc) is 2.49. The molecule has 0 radical (unpaired) electrons. The first-order valence-electron chi connectivity index (χ1n) is 4.95. The van der Waals surface area contributed by atoms with E-state index in [0.717, 1.165) is 10.7 Å². The van der Waals surface area contributed by atoms with E-state index in [-0.39, 0.29) is 18.0 Å². The van der Waals surface area contributed by atoms with Crippen LogP contribution in [0, 0.1) is 6.92 Å². The van der Waals surface area contributed by atoms with Crippen LogP contribution in [-0.4, -0.2) is 16.9 Å². The zero-order valence-electron chi connectivity index (χ0n) is 9.28. The Kier molecular flexibility index (Phi) is 4.23. The number of carbonyl (C=O) groups is 1. The summed E-state index contributed by atoms with van der Waals surface area (Å²) in [5.41, 5.74) is 6.14. The average molecular weight is 227 g/mol. The minimum Gasteiger partial charge on any atom is -0.370 e. The number of aryl methyl sites for hydroxylation is 1. The minimum atomic E-state index is -0.281. The molecule has 0 fully saturated rings. The SMILES string of the molecule is Cc1nc(C(C)NC(C)CC(N)=O)cs1. The molecule has 0 saturated heterocycles. The standard InChI is InChI=1S/C10H17N3OS/c1-6(4-10(11)14)12-7(2)9-5-15-8(3)13-9/h5-7,12H,4H2,1-3H3,(H2,11,14). The van der Waals surface area contributed by atoms with E-state index in [1.54, 1.807) is 11.3 Å². The Morgan fingerprint density at radius 1 is 1.67 bits per heavy atom. The van der Waals surface area contributed by atoms with Gasteiger partial charge in [-0.2, -0.15) is 0 Å². The van der Waals surface area contributed by atoms with Gasteiger partial charge in [0.1, 0.15) is 0 Å². The van der Waals surface area contributed by atoms with Crippen molar-refractivity contribution in [2.75, 3.05) is 0 Å². The third-order valence-electron chi connectivity index (χ3n) is 2.12. The number of thiazole rings is 1. The summed E-state index contributed by atoms with van der Waals surface area (Å²) in [6.45, 7) is 5.96. The van der Waals surface area contributed by atoms with Crippen LogP contribution in [0.15, 0.2) is 5.38 Å². The van der Waals surface area contributed by atoms with E-state index in [1.165, 1.54) is 0 Å². The molecular weight excluding hydrogens is 210 g/mol. The number of primary amides is 1. The fourth-order valence-corrected chi connectivity index (χ4v) is 2.16. The monoisotopic (exact) mass is 227 g/mol. The molecule has 0 aliphatic rings. The molecule has 0 aliphatic heterocycles. The van der Waals surface area contributed by atoms with Gasteiger partial charge in [0.15, 0.2) is 0 Å². The van der Waals surface area contributed by atoms with Crippen LogP contribution in [0.3, 0.4) is 0 Å². The van der Waals surface area contributed by atoms with Crippen molar-refractivity contribution in [3.05, 3.63) is 16.1 Å². The summed E-state index contributed by atoms with van der Waals surface area (Å²) in [7, 11) is 0. The lowest BCUT2D eigenvalue weighted by Gasteiger charge is -2.17. The summed E-state index contributed by atoms with van der Waals surface area (Å²) < 4.78 is 0. The quantitative estimate of drug-likeness (QED) is 0.798. The summed E-state index contributed by atoms with van der Waals surface area (Å²) >= 11 is 1.63. The number of nitrogens with zero attached hydrogens (tertiary/aromatic N) is 1. The van der Waals surface area contributed by atoms with Gasteiger partial charge in [0.25, 0.3) is 0 Å². The van der Waals surface area contributed by atoms with Gasteiger partial charge in [-0.3, -0.25) is 4.79 Å². The van der Waals surface area contributed by atoms with E-state index in [2.05, 4.69) is 10.3 Å². The predicted octanol–water partition coefficient (Wildman–Crippen LogP) is 1.37. The van der Waals surface area contributed by atoms with Crippen molar-refractivity contribution in [3.63, 3.8) is 0 Å². The molecule has 15 heavy (non-hydrogen) atoms. The first-order valence-corrected chi connectivity index (χ1v) is 5.83. The first-order chi connectivity index (χ1) is 6.99. The van der Waals surface area contributed by atoms with Crippen molar-refractivity contribution < 1.29 is 4.79 Å². The first kappa shape index (κ1) is 12.1.